The summed E-state index contributed by atoms with van der Waals surface area (Å²) in [5.74, 6) is -0.474. The lowest BCUT2D eigenvalue weighted by atomic mass is 10.2. The molecule has 2 aromatic rings. The van der Waals surface area contributed by atoms with Gasteiger partial charge in [0.1, 0.15) is 5.82 Å². The summed E-state index contributed by atoms with van der Waals surface area (Å²) < 4.78 is 40.7. The highest BCUT2D eigenvalue weighted by Gasteiger charge is 2.19. The predicted octanol–water partition coefficient (Wildman–Crippen LogP) is 3.78. The van der Waals surface area contributed by atoms with Gasteiger partial charge in [-0.2, -0.15) is 0 Å². The minimum Gasteiger partial charge on any atom is -0.369 e. The van der Waals surface area contributed by atoms with Gasteiger partial charge in [0.25, 0.3) is 0 Å². The first-order valence-electron chi connectivity index (χ1n) is 9.84. The van der Waals surface area contributed by atoms with E-state index in [1.54, 1.807) is 0 Å². The maximum atomic E-state index is 13.2. The number of unbranched alkanes of at least 4 members (excludes halogenated alkanes) is 1. The van der Waals surface area contributed by atoms with Crippen molar-refractivity contribution in [3.05, 3.63) is 58.3 Å². The Morgan fingerprint density at radius 3 is 2.52 bits per heavy atom. The summed E-state index contributed by atoms with van der Waals surface area (Å²) in [6, 6.07) is 12.2. The van der Waals surface area contributed by atoms with Gasteiger partial charge in [0.05, 0.1) is 4.90 Å². The van der Waals surface area contributed by atoms with Crippen molar-refractivity contribution in [3.63, 3.8) is 0 Å². The van der Waals surface area contributed by atoms with E-state index in [1.807, 2.05) is 0 Å². The van der Waals surface area contributed by atoms with Crippen molar-refractivity contribution < 1.29 is 12.8 Å². The molecule has 3 rings (SSSR count). The molecule has 1 N–H and O–H groups in total. The molecule has 0 aromatic heterocycles. The second-order valence-electron chi connectivity index (χ2n) is 7.35. The zero-order valence-electron chi connectivity index (χ0n) is 16.6. The Labute approximate surface area is 181 Å². The van der Waals surface area contributed by atoms with Gasteiger partial charge in [0.15, 0.2) is 0 Å². The number of nitrogens with one attached hydrogen (secondary N) is 1. The molecule has 0 spiro atoms. The fourth-order valence-corrected chi connectivity index (χ4v) is 5.61. The molecule has 1 heterocycles. The Morgan fingerprint density at radius 1 is 1.07 bits per heavy atom. The highest BCUT2D eigenvalue weighted by atomic mass is 79.9. The molecule has 1 fully saturated rings. The Morgan fingerprint density at radius 2 is 1.83 bits per heavy atom. The predicted molar refractivity (Wildman–Crippen MR) is 118 cm³/mol. The van der Waals surface area contributed by atoms with Crippen molar-refractivity contribution in [2.75, 3.05) is 44.2 Å². The normalized spacial score (nSPS) is 15.6. The Kier molecular flexibility index (Phi) is 7.67. The molecule has 1 aliphatic heterocycles. The van der Waals surface area contributed by atoms with Crippen LogP contribution in [0, 0.1) is 12.7 Å². The van der Waals surface area contributed by atoms with Gasteiger partial charge < -0.3 is 4.90 Å². The van der Waals surface area contributed by atoms with Crippen LogP contribution in [-0.4, -0.2) is 52.6 Å². The average Bonchev–Trinajstić information content (AvgIpc) is 2.68. The second-order valence-corrected chi connectivity index (χ2v) is 9.94. The van der Waals surface area contributed by atoms with E-state index in [-0.39, 0.29) is 9.37 Å². The van der Waals surface area contributed by atoms with Crippen molar-refractivity contribution in [2.24, 2.45) is 0 Å². The molecule has 0 aliphatic carbocycles. The van der Waals surface area contributed by atoms with E-state index < -0.39 is 15.8 Å². The topological polar surface area (TPSA) is 52.6 Å². The SMILES string of the molecule is Cc1cccc(N2CCN(CCCCNS(=O)(=O)c3ccc(F)cc3Br)CC2)c1. The number of rotatable bonds is 8. The summed E-state index contributed by atoms with van der Waals surface area (Å²) in [4.78, 5) is 4.90. The van der Waals surface area contributed by atoms with Gasteiger partial charge in [0, 0.05) is 42.9 Å². The number of piperazine rings is 1. The highest BCUT2D eigenvalue weighted by Crippen LogP contribution is 2.22. The molecule has 0 atom stereocenters. The molecule has 2 aromatic carbocycles. The van der Waals surface area contributed by atoms with Crippen molar-refractivity contribution in [3.8, 4) is 0 Å². The summed E-state index contributed by atoms with van der Waals surface area (Å²) >= 11 is 3.11. The van der Waals surface area contributed by atoms with Gasteiger partial charge in [-0.3, -0.25) is 4.90 Å². The van der Waals surface area contributed by atoms with Gasteiger partial charge in [0.2, 0.25) is 10.0 Å². The zero-order valence-corrected chi connectivity index (χ0v) is 19.0. The smallest absolute Gasteiger partial charge is 0.241 e. The van der Waals surface area contributed by atoms with Crippen LogP contribution in [-0.2, 0) is 10.0 Å². The molecule has 29 heavy (non-hydrogen) atoms. The number of halogens is 2. The first-order valence-corrected chi connectivity index (χ1v) is 12.1. The summed E-state index contributed by atoms with van der Waals surface area (Å²) in [6.07, 6.45) is 1.69. The maximum Gasteiger partial charge on any atom is 0.241 e. The van der Waals surface area contributed by atoms with Gasteiger partial charge in [-0.1, -0.05) is 12.1 Å². The maximum absolute atomic E-state index is 13.2. The van der Waals surface area contributed by atoms with Crippen molar-refractivity contribution in [1.82, 2.24) is 9.62 Å². The third-order valence-electron chi connectivity index (χ3n) is 5.12. The van der Waals surface area contributed by atoms with Crippen molar-refractivity contribution >= 4 is 31.6 Å². The first kappa shape index (κ1) is 22.2. The average molecular weight is 484 g/mol. The molecule has 158 valence electrons. The summed E-state index contributed by atoms with van der Waals surface area (Å²) in [5.41, 5.74) is 2.56. The molecule has 0 amide bonds. The fourth-order valence-electron chi connectivity index (χ4n) is 3.49. The van der Waals surface area contributed by atoms with Gasteiger partial charge in [-0.15, -0.1) is 0 Å². The monoisotopic (exact) mass is 483 g/mol. The molecule has 5 nitrogen and oxygen atoms in total. The zero-order chi connectivity index (χ0) is 20.9. The number of hydrogen-bond donors (Lipinski definition) is 1. The number of sulfonamides is 1. The van der Waals surface area contributed by atoms with Crippen LogP contribution in [0.3, 0.4) is 0 Å². The van der Waals surface area contributed by atoms with Crippen molar-refractivity contribution in [2.45, 2.75) is 24.7 Å². The molecule has 0 saturated carbocycles. The van der Waals surface area contributed by atoms with Crippen LogP contribution in [0.2, 0.25) is 0 Å². The van der Waals surface area contributed by atoms with Crippen LogP contribution in [0.25, 0.3) is 0 Å². The molecular weight excluding hydrogens is 457 g/mol. The molecule has 1 saturated heterocycles. The molecule has 1 aliphatic rings. The quantitative estimate of drug-likeness (QED) is 0.580. The molecule has 0 unspecified atom stereocenters. The highest BCUT2D eigenvalue weighted by molar-refractivity contribution is 9.10. The van der Waals surface area contributed by atoms with E-state index in [0.717, 1.165) is 57.7 Å². The lowest BCUT2D eigenvalue weighted by Crippen LogP contribution is -2.46. The Bertz CT molecular complexity index is 931. The summed E-state index contributed by atoms with van der Waals surface area (Å²) in [7, 11) is -3.64. The molecule has 0 radical (unpaired) electrons. The fraction of sp³-hybridized carbons (Fsp3) is 0.429. The van der Waals surface area contributed by atoms with E-state index in [0.29, 0.717) is 6.54 Å². The third kappa shape index (κ3) is 6.25. The van der Waals surface area contributed by atoms with E-state index in [2.05, 4.69) is 61.6 Å². The first-order chi connectivity index (χ1) is 13.8. The van der Waals surface area contributed by atoms with Gasteiger partial charge >= 0.3 is 0 Å². The van der Waals surface area contributed by atoms with Gasteiger partial charge in [-0.25, -0.2) is 17.5 Å². The summed E-state index contributed by atoms with van der Waals surface area (Å²) in [6.45, 7) is 7.50. The van der Waals surface area contributed by atoms with Crippen LogP contribution in [0.5, 0.6) is 0 Å². The Balaban J connectivity index is 1.37. The van der Waals surface area contributed by atoms with Crippen LogP contribution >= 0.6 is 15.9 Å². The second kappa shape index (κ2) is 10.0. The van der Waals surface area contributed by atoms with Gasteiger partial charge in [-0.05, 0) is 78.1 Å². The number of nitrogens with zero attached hydrogens (tertiary/aromatic N) is 2. The number of hydrogen-bond acceptors (Lipinski definition) is 4. The van der Waals surface area contributed by atoms with E-state index in [9.17, 15) is 12.8 Å². The molecule has 0 bridgehead atoms. The number of benzene rings is 2. The number of anilines is 1. The Hall–Kier alpha value is -1.48. The van der Waals surface area contributed by atoms with Crippen molar-refractivity contribution in [1.29, 1.82) is 0 Å². The van der Waals surface area contributed by atoms with Crippen LogP contribution in [0.15, 0.2) is 51.8 Å². The largest absolute Gasteiger partial charge is 0.369 e. The minimum absolute atomic E-state index is 0.0613. The molecular formula is C21H27BrFN3O2S. The lowest BCUT2D eigenvalue weighted by Gasteiger charge is -2.36. The van der Waals surface area contributed by atoms with Crippen LogP contribution in [0.4, 0.5) is 10.1 Å². The van der Waals surface area contributed by atoms with E-state index in [4.69, 9.17) is 0 Å². The minimum atomic E-state index is -3.64. The van der Waals surface area contributed by atoms with E-state index >= 15 is 0 Å². The van der Waals surface area contributed by atoms with Crippen LogP contribution < -0.4 is 9.62 Å². The standard InChI is InChI=1S/C21H27BrFN3O2S/c1-17-5-4-6-19(15-17)26-13-11-25(12-14-26)10-3-2-9-24-29(27,28)21-8-7-18(23)16-20(21)22/h4-8,15-16,24H,2-3,9-14H2,1H3. The molecule has 8 heteroatoms. The van der Waals surface area contributed by atoms with E-state index in [1.165, 1.54) is 17.3 Å². The lowest BCUT2D eigenvalue weighted by molar-refractivity contribution is 0.253. The third-order valence-corrected chi connectivity index (χ3v) is 7.55. The summed E-state index contributed by atoms with van der Waals surface area (Å²) in [5, 5.41) is 0. The van der Waals surface area contributed by atoms with Crippen LogP contribution in [0.1, 0.15) is 18.4 Å². The number of aryl methyl sites for hydroxylation is 1.